The lowest BCUT2D eigenvalue weighted by Gasteiger charge is -2.10. The molecule has 0 fully saturated rings. The second-order valence-electron chi connectivity index (χ2n) is 6.74. The fourth-order valence-electron chi connectivity index (χ4n) is 2.67. The second-order valence-corrected chi connectivity index (χ2v) is 8.42. The van der Waals surface area contributed by atoms with Crippen LogP contribution in [0, 0.1) is 19.7 Å². The molecule has 150 valence electrons. The van der Waals surface area contributed by atoms with Gasteiger partial charge in [-0.05, 0) is 79.1 Å². The van der Waals surface area contributed by atoms with Crippen molar-refractivity contribution < 1.29 is 17.6 Å². The third-order valence-electron chi connectivity index (χ3n) is 4.55. The summed E-state index contributed by atoms with van der Waals surface area (Å²) in [6, 6.07) is 16.9. The lowest BCUT2D eigenvalue weighted by Crippen LogP contribution is -2.22. The third kappa shape index (κ3) is 5.20. The van der Waals surface area contributed by atoms with Gasteiger partial charge in [-0.2, -0.15) is 0 Å². The second kappa shape index (κ2) is 8.45. The summed E-state index contributed by atoms with van der Waals surface area (Å²) < 4.78 is 40.5. The maximum absolute atomic E-state index is 12.9. The zero-order chi connectivity index (χ0) is 21.0. The third-order valence-corrected chi connectivity index (χ3v) is 5.93. The minimum absolute atomic E-state index is 0.182. The van der Waals surface area contributed by atoms with Crippen molar-refractivity contribution in [3.05, 3.63) is 94.8 Å². The molecule has 0 atom stereocenters. The SMILES string of the molecule is Cc1ccc(S(=O)(=O)Nc2ccc(C(=O)NCc3ccc(F)cc3)cc2)cc1C. The number of hydrogen-bond donors (Lipinski definition) is 2. The molecular weight excluding hydrogens is 391 g/mol. The molecule has 2 N–H and O–H groups in total. The van der Waals surface area contributed by atoms with Crippen LogP contribution in [-0.2, 0) is 16.6 Å². The fraction of sp³-hybridized carbons (Fsp3) is 0.136. The number of hydrogen-bond acceptors (Lipinski definition) is 3. The van der Waals surface area contributed by atoms with E-state index in [2.05, 4.69) is 10.0 Å². The number of rotatable bonds is 6. The Morgan fingerprint density at radius 1 is 0.897 bits per heavy atom. The van der Waals surface area contributed by atoms with Gasteiger partial charge in [0.1, 0.15) is 5.82 Å². The Morgan fingerprint density at radius 2 is 1.55 bits per heavy atom. The number of carbonyl (C=O) groups is 1. The average Bonchev–Trinajstić information content (AvgIpc) is 2.69. The van der Waals surface area contributed by atoms with Crippen molar-refractivity contribution in [3.8, 4) is 0 Å². The van der Waals surface area contributed by atoms with Gasteiger partial charge < -0.3 is 5.32 Å². The highest BCUT2D eigenvalue weighted by atomic mass is 32.2. The Balaban J connectivity index is 1.65. The van der Waals surface area contributed by atoms with Gasteiger partial charge in [0.2, 0.25) is 0 Å². The zero-order valence-corrected chi connectivity index (χ0v) is 16.9. The van der Waals surface area contributed by atoms with E-state index in [1.807, 2.05) is 13.8 Å². The van der Waals surface area contributed by atoms with Gasteiger partial charge in [-0.25, -0.2) is 12.8 Å². The van der Waals surface area contributed by atoms with Crippen LogP contribution in [0.15, 0.2) is 71.6 Å². The highest BCUT2D eigenvalue weighted by Crippen LogP contribution is 2.19. The topological polar surface area (TPSA) is 75.3 Å². The number of sulfonamides is 1. The summed E-state index contributed by atoms with van der Waals surface area (Å²) in [5, 5.41) is 2.74. The van der Waals surface area contributed by atoms with E-state index < -0.39 is 10.0 Å². The number of carbonyl (C=O) groups excluding carboxylic acids is 1. The van der Waals surface area contributed by atoms with E-state index in [1.165, 1.54) is 36.4 Å². The Morgan fingerprint density at radius 3 is 2.17 bits per heavy atom. The monoisotopic (exact) mass is 412 g/mol. The number of halogens is 1. The van der Waals surface area contributed by atoms with Gasteiger partial charge in [-0.1, -0.05) is 18.2 Å². The summed E-state index contributed by atoms with van der Waals surface area (Å²) in [6.07, 6.45) is 0. The molecule has 0 aliphatic rings. The molecule has 0 aromatic heterocycles. The molecule has 5 nitrogen and oxygen atoms in total. The van der Waals surface area contributed by atoms with Crippen LogP contribution in [0.3, 0.4) is 0 Å². The molecule has 3 rings (SSSR count). The van der Waals surface area contributed by atoms with Gasteiger partial charge in [0.25, 0.3) is 15.9 Å². The van der Waals surface area contributed by atoms with Crippen LogP contribution in [0.5, 0.6) is 0 Å². The summed E-state index contributed by atoms with van der Waals surface area (Å²) in [7, 11) is -3.72. The van der Waals surface area contributed by atoms with Gasteiger partial charge in [-0.15, -0.1) is 0 Å². The lowest BCUT2D eigenvalue weighted by molar-refractivity contribution is 0.0951. The first kappa shape index (κ1) is 20.5. The van der Waals surface area contributed by atoms with E-state index in [4.69, 9.17) is 0 Å². The molecule has 1 amide bonds. The predicted octanol–water partition coefficient (Wildman–Crippen LogP) is 4.17. The molecule has 0 unspecified atom stereocenters. The summed E-state index contributed by atoms with van der Waals surface area (Å²) in [5.41, 5.74) is 3.43. The van der Waals surface area contributed by atoms with Crippen LogP contribution >= 0.6 is 0 Å². The van der Waals surface area contributed by atoms with Crippen molar-refractivity contribution >= 4 is 21.6 Å². The summed E-state index contributed by atoms with van der Waals surface area (Å²) in [4.78, 5) is 12.4. The predicted molar refractivity (Wildman–Crippen MR) is 111 cm³/mol. The van der Waals surface area contributed by atoms with E-state index in [0.29, 0.717) is 11.3 Å². The van der Waals surface area contributed by atoms with Crippen LogP contribution < -0.4 is 10.0 Å². The average molecular weight is 412 g/mol. The number of benzene rings is 3. The van der Waals surface area contributed by atoms with Gasteiger partial charge >= 0.3 is 0 Å². The van der Waals surface area contributed by atoms with Gasteiger partial charge in [-0.3, -0.25) is 9.52 Å². The molecule has 0 radical (unpaired) electrons. The molecule has 0 saturated carbocycles. The quantitative estimate of drug-likeness (QED) is 0.638. The Kier molecular flexibility index (Phi) is 5.98. The fourth-order valence-corrected chi connectivity index (χ4v) is 3.81. The van der Waals surface area contributed by atoms with Gasteiger partial charge in [0, 0.05) is 17.8 Å². The van der Waals surface area contributed by atoms with E-state index >= 15 is 0 Å². The minimum Gasteiger partial charge on any atom is -0.348 e. The minimum atomic E-state index is -3.72. The largest absolute Gasteiger partial charge is 0.348 e. The van der Waals surface area contributed by atoms with Crippen molar-refractivity contribution in [3.63, 3.8) is 0 Å². The van der Waals surface area contributed by atoms with E-state index in [9.17, 15) is 17.6 Å². The first-order chi connectivity index (χ1) is 13.7. The molecule has 0 bridgehead atoms. The summed E-state index contributed by atoms with van der Waals surface area (Å²) in [6.45, 7) is 4.03. The highest BCUT2D eigenvalue weighted by molar-refractivity contribution is 7.92. The number of aryl methyl sites for hydroxylation is 2. The lowest BCUT2D eigenvalue weighted by atomic mass is 10.1. The first-order valence-electron chi connectivity index (χ1n) is 8.97. The standard InChI is InChI=1S/C22H21FN2O3S/c1-15-3-12-21(13-16(15)2)29(27,28)25-20-10-6-18(7-11-20)22(26)24-14-17-4-8-19(23)9-5-17/h3-13,25H,14H2,1-2H3,(H,24,26). The molecule has 3 aromatic carbocycles. The van der Waals surface area contributed by atoms with Crippen LogP contribution in [0.2, 0.25) is 0 Å². The number of nitrogens with one attached hydrogen (secondary N) is 2. The Hall–Kier alpha value is -3.19. The van der Waals surface area contributed by atoms with Crippen LogP contribution in [-0.4, -0.2) is 14.3 Å². The molecule has 0 saturated heterocycles. The van der Waals surface area contributed by atoms with Crippen molar-refractivity contribution in [1.29, 1.82) is 0 Å². The van der Waals surface area contributed by atoms with Crippen LogP contribution in [0.4, 0.5) is 10.1 Å². The maximum atomic E-state index is 12.9. The van der Waals surface area contributed by atoms with Crippen molar-refractivity contribution in [2.24, 2.45) is 0 Å². The molecule has 0 aliphatic carbocycles. The van der Waals surface area contributed by atoms with Crippen molar-refractivity contribution in [2.75, 3.05) is 4.72 Å². The molecule has 0 aliphatic heterocycles. The first-order valence-corrected chi connectivity index (χ1v) is 10.5. The smallest absolute Gasteiger partial charge is 0.261 e. The zero-order valence-electron chi connectivity index (χ0n) is 16.1. The Bertz CT molecular complexity index is 1130. The Labute approximate surface area is 169 Å². The van der Waals surface area contributed by atoms with Gasteiger partial charge in [0.15, 0.2) is 0 Å². The van der Waals surface area contributed by atoms with Crippen molar-refractivity contribution in [1.82, 2.24) is 5.32 Å². The van der Waals surface area contributed by atoms with E-state index in [0.717, 1.165) is 16.7 Å². The molecule has 7 heteroatoms. The highest BCUT2D eigenvalue weighted by Gasteiger charge is 2.15. The normalized spacial score (nSPS) is 11.1. The molecular formula is C22H21FN2O3S. The van der Waals surface area contributed by atoms with Crippen molar-refractivity contribution in [2.45, 2.75) is 25.3 Å². The molecule has 0 spiro atoms. The van der Waals surface area contributed by atoms with Crippen LogP contribution in [0.25, 0.3) is 0 Å². The number of anilines is 1. The summed E-state index contributed by atoms with van der Waals surface area (Å²) >= 11 is 0. The maximum Gasteiger partial charge on any atom is 0.261 e. The van der Waals surface area contributed by atoms with Gasteiger partial charge in [0.05, 0.1) is 4.90 Å². The van der Waals surface area contributed by atoms with E-state index in [-0.39, 0.29) is 23.2 Å². The molecule has 3 aromatic rings. The van der Waals surface area contributed by atoms with E-state index in [1.54, 1.807) is 30.3 Å². The summed E-state index contributed by atoms with van der Waals surface area (Å²) in [5.74, 6) is -0.642. The molecule has 29 heavy (non-hydrogen) atoms. The van der Waals surface area contributed by atoms with Crippen LogP contribution in [0.1, 0.15) is 27.0 Å². The number of amides is 1. The molecule has 0 heterocycles.